The summed E-state index contributed by atoms with van der Waals surface area (Å²) in [5.41, 5.74) is 1.32. The quantitative estimate of drug-likeness (QED) is 0.619. The third-order valence-corrected chi connectivity index (χ3v) is 3.10. The summed E-state index contributed by atoms with van der Waals surface area (Å²) >= 11 is 3.38. The van der Waals surface area contributed by atoms with Crippen LogP contribution in [-0.2, 0) is 9.47 Å². The molecule has 0 fully saturated rings. The van der Waals surface area contributed by atoms with Crippen LogP contribution in [-0.4, -0.2) is 33.4 Å². The Morgan fingerprint density at radius 3 is 2.59 bits per heavy atom. The fourth-order valence-corrected chi connectivity index (χ4v) is 1.74. The summed E-state index contributed by atoms with van der Waals surface area (Å²) < 4.78 is 15.9. The van der Waals surface area contributed by atoms with Crippen LogP contribution in [0.15, 0.2) is 16.6 Å². The Bertz CT molecular complexity index is 404. The zero-order valence-corrected chi connectivity index (χ0v) is 11.7. The number of hydrogen-bond donors (Lipinski definition) is 0. The Balaban J connectivity index is 2.93. The Hall–Kier alpha value is -1.07. The number of carbonyl (C=O) groups excluding carboxylic acids is 1. The van der Waals surface area contributed by atoms with Gasteiger partial charge in [0.15, 0.2) is 0 Å². The van der Waals surface area contributed by atoms with E-state index in [1.807, 2.05) is 13.0 Å². The number of carbonyl (C=O) groups is 1. The first-order valence-electron chi connectivity index (χ1n) is 5.10. The highest BCUT2D eigenvalue weighted by Crippen LogP contribution is 2.27. The highest BCUT2D eigenvalue weighted by molar-refractivity contribution is 9.10. The largest absolute Gasteiger partial charge is 0.491 e. The molecule has 0 aliphatic carbocycles. The lowest BCUT2D eigenvalue weighted by Crippen LogP contribution is -2.08. The lowest BCUT2D eigenvalue weighted by molar-refractivity contribution is 0.0599. The van der Waals surface area contributed by atoms with Crippen molar-refractivity contribution in [2.75, 3.05) is 27.4 Å². The molecule has 0 aromatic heterocycles. The van der Waals surface area contributed by atoms with Gasteiger partial charge < -0.3 is 14.2 Å². The van der Waals surface area contributed by atoms with Crippen LogP contribution < -0.4 is 4.74 Å². The van der Waals surface area contributed by atoms with E-state index in [1.165, 1.54) is 7.11 Å². The van der Waals surface area contributed by atoms with Crippen molar-refractivity contribution >= 4 is 21.9 Å². The zero-order chi connectivity index (χ0) is 12.8. The highest BCUT2D eigenvalue weighted by Gasteiger charge is 2.13. The number of hydrogen-bond acceptors (Lipinski definition) is 4. The molecule has 0 unspecified atom stereocenters. The molecule has 0 amide bonds. The number of ether oxygens (including phenoxy) is 3. The average Bonchev–Trinajstić information content (AvgIpc) is 2.32. The predicted molar refractivity (Wildman–Crippen MR) is 67.6 cm³/mol. The maximum atomic E-state index is 11.5. The van der Waals surface area contributed by atoms with E-state index in [-0.39, 0.29) is 5.97 Å². The summed E-state index contributed by atoms with van der Waals surface area (Å²) in [5, 5.41) is 0. The second-order valence-electron chi connectivity index (χ2n) is 3.41. The first-order valence-corrected chi connectivity index (χ1v) is 5.89. The molecule has 0 bridgehead atoms. The molecule has 1 aromatic rings. The van der Waals surface area contributed by atoms with Crippen LogP contribution in [0.2, 0.25) is 0 Å². The van der Waals surface area contributed by atoms with E-state index in [4.69, 9.17) is 14.2 Å². The molecule has 0 aliphatic rings. The van der Waals surface area contributed by atoms with Crippen LogP contribution in [0, 0.1) is 6.92 Å². The van der Waals surface area contributed by atoms with Crippen molar-refractivity contribution in [1.29, 1.82) is 0 Å². The summed E-state index contributed by atoms with van der Waals surface area (Å²) in [4.78, 5) is 11.5. The second-order valence-corrected chi connectivity index (χ2v) is 4.26. The molecule has 0 heterocycles. The van der Waals surface area contributed by atoms with E-state index in [2.05, 4.69) is 15.9 Å². The first kappa shape index (κ1) is 14.0. The maximum absolute atomic E-state index is 11.5. The van der Waals surface area contributed by atoms with Crippen molar-refractivity contribution in [2.45, 2.75) is 6.92 Å². The maximum Gasteiger partial charge on any atom is 0.338 e. The van der Waals surface area contributed by atoms with E-state index in [0.29, 0.717) is 24.5 Å². The Kier molecular flexibility index (Phi) is 5.44. The minimum absolute atomic E-state index is 0.375. The van der Waals surface area contributed by atoms with E-state index in [0.717, 1.165) is 10.0 Å². The third kappa shape index (κ3) is 3.71. The Labute approximate surface area is 109 Å². The van der Waals surface area contributed by atoms with Gasteiger partial charge in [0.2, 0.25) is 0 Å². The molecule has 1 aromatic carbocycles. The molecule has 0 saturated heterocycles. The summed E-state index contributed by atoms with van der Waals surface area (Å²) in [7, 11) is 2.96. The van der Waals surface area contributed by atoms with Crippen LogP contribution in [0.5, 0.6) is 5.75 Å². The van der Waals surface area contributed by atoms with Gasteiger partial charge in [0, 0.05) is 11.6 Å². The number of rotatable bonds is 5. The summed E-state index contributed by atoms with van der Waals surface area (Å²) in [6, 6.07) is 3.49. The monoisotopic (exact) mass is 302 g/mol. The van der Waals surface area contributed by atoms with E-state index < -0.39 is 0 Å². The van der Waals surface area contributed by atoms with Crippen molar-refractivity contribution in [3.63, 3.8) is 0 Å². The van der Waals surface area contributed by atoms with Gasteiger partial charge in [-0.3, -0.25) is 0 Å². The smallest absolute Gasteiger partial charge is 0.338 e. The molecular weight excluding hydrogens is 288 g/mol. The number of esters is 1. The van der Waals surface area contributed by atoms with E-state index in [1.54, 1.807) is 13.2 Å². The van der Waals surface area contributed by atoms with Crippen molar-refractivity contribution in [2.24, 2.45) is 0 Å². The Morgan fingerprint density at radius 1 is 1.29 bits per heavy atom. The third-order valence-electron chi connectivity index (χ3n) is 2.28. The molecular formula is C12H15BrO4. The average molecular weight is 303 g/mol. The second kappa shape index (κ2) is 6.61. The van der Waals surface area contributed by atoms with Gasteiger partial charge >= 0.3 is 5.97 Å². The van der Waals surface area contributed by atoms with E-state index >= 15 is 0 Å². The molecule has 94 valence electrons. The Morgan fingerprint density at radius 2 is 2.00 bits per heavy atom. The summed E-state index contributed by atoms with van der Waals surface area (Å²) in [5.74, 6) is 0.236. The molecule has 4 nitrogen and oxygen atoms in total. The van der Waals surface area contributed by atoms with Crippen molar-refractivity contribution in [1.82, 2.24) is 0 Å². The fourth-order valence-electron chi connectivity index (χ4n) is 1.30. The van der Waals surface area contributed by atoms with Gasteiger partial charge in [-0.15, -0.1) is 0 Å². The molecule has 0 radical (unpaired) electrons. The molecule has 0 N–H and O–H groups in total. The van der Waals surface area contributed by atoms with Crippen molar-refractivity contribution in [3.05, 3.63) is 27.7 Å². The van der Waals surface area contributed by atoms with Crippen molar-refractivity contribution in [3.8, 4) is 5.75 Å². The zero-order valence-electron chi connectivity index (χ0n) is 10.1. The van der Waals surface area contributed by atoms with Crippen LogP contribution in [0.4, 0.5) is 0 Å². The minimum Gasteiger partial charge on any atom is -0.491 e. The number of benzene rings is 1. The lowest BCUT2D eigenvalue weighted by atomic mass is 10.1. The van der Waals surface area contributed by atoms with Crippen LogP contribution in [0.1, 0.15) is 15.9 Å². The van der Waals surface area contributed by atoms with Gasteiger partial charge in [-0.1, -0.05) is 15.9 Å². The molecule has 0 atom stereocenters. The van der Waals surface area contributed by atoms with Gasteiger partial charge in [-0.25, -0.2) is 4.79 Å². The van der Waals surface area contributed by atoms with Gasteiger partial charge in [-0.2, -0.15) is 0 Å². The molecule has 0 spiro atoms. The van der Waals surface area contributed by atoms with Gasteiger partial charge in [-0.05, 0) is 24.6 Å². The molecule has 1 rings (SSSR count). The predicted octanol–water partition coefficient (Wildman–Crippen LogP) is 2.57. The fraction of sp³-hybridized carbons (Fsp3) is 0.417. The first-order chi connectivity index (χ1) is 8.10. The van der Waals surface area contributed by atoms with Crippen molar-refractivity contribution < 1.29 is 19.0 Å². The molecule has 0 aliphatic heterocycles. The van der Waals surface area contributed by atoms with E-state index in [9.17, 15) is 4.79 Å². The normalized spacial score (nSPS) is 10.1. The van der Waals surface area contributed by atoms with Gasteiger partial charge in [0.05, 0.1) is 19.3 Å². The summed E-state index contributed by atoms with van der Waals surface area (Å²) in [6.45, 7) is 2.78. The van der Waals surface area contributed by atoms with Crippen LogP contribution in [0.25, 0.3) is 0 Å². The van der Waals surface area contributed by atoms with Gasteiger partial charge in [0.25, 0.3) is 0 Å². The molecule has 0 saturated carbocycles. The lowest BCUT2D eigenvalue weighted by Gasteiger charge is -2.11. The van der Waals surface area contributed by atoms with Crippen LogP contribution >= 0.6 is 15.9 Å². The number of halogens is 1. The minimum atomic E-state index is -0.375. The molecule has 5 heteroatoms. The molecule has 17 heavy (non-hydrogen) atoms. The van der Waals surface area contributed by atoms with Gasteiger partial charge in [0.1, 0.15) is 12.4 Å². The SMILES string of the molecule is COCCOc1cc(Br)c(C)c(C(=O)OC)c1. The summed E-state index contributed by atoms with van der Waals surface area (Å²) in [6.07, 6.45) is 0. The standard InChI is InChI=1S/C12H15BrO4/c1-8-10(12(14)16-3)6-9(7-11(8)13)17-5-4-15-2/h6-7H,4-5H2,1-3H3. The number of methoxy groups -OCH3 is 2. The highest BCUT2D eigenvalue weighted by atomic mass is 79.9. The topological polar surface area (TPSA) is 44.8 Å². The van der Waals surface area contributed by atoms with Crippen LogP contribution in [0.3, 0.4) is 0 Å².